The summed E-state index contributed by atoms with van der Waals surface area (Å²) in [6.45, 7) is 1.08. The van der Waals surface area contributed by atoms with Gasteiger partial charge in [0.2, 0.25) is 0 Å². The van der Waals surface area contributed by atoms with Crippen molar-refractivity contribution in [3.63, 3.8) is 0 Å². The van der Waals surface area contributed by atoms with Gasteiger partial charge in [0.25, 0.3) is 0 Å². The topological polar surface area (TPSA) is 42.1 Å². The fourth-order valence-electron chi connectivity index (χ4n) is 3.31. The molecule has 0 amide bonds. The lowest BCUT2D eigenvalue weighted by Crippen LogP contribution is -2.21. The maximum absolute atomic E-state index is 14.3. The van der Waals surface area contributed by atoms with E-state index in [4.69, 9.17) is 17.3 Å². The first-order chi connectivity index (χ1) is 13.0. The van der Waals surface area contributed by atoms with Gasteiger partial charge in [0.15, 0.2) is 0 Å². The molecule has 0 bridgehead atoms. The van der Waals surface area contributed by atoms with E-state index in [9.17, 15) is 8.78 Å². The molecular formula is C21H16ClF2N3. The Morgan fingerprint density at radius 1 is 1.11 bits per heavy atom. The van der Waals surface area contributed by atoms with Crippen molar-refractivity contribution in [3.8, 4) is 11.1 Å². The highest BCUT2D eigenvalue weighted by Crippen LogP contribution is 2.33. The molecule has 0 saturated carbocycles. The van der Waals surface area contributed by atoms with Crippen LogP contribution >= 0.6 is 11.6 Å². The molecule has 0 saturated heterocycles. The lowest BCUT2D eigenvalue weighted by molar-refractivity contribution is 0.360. The molecule has 1 aliphatic rings. The highest BCUT2D eigenvalue weighted by atomic mass is 35.5. The van der Waals surface area contributed by atoms with Crippen molar-refractivity contribution < 1.29 is 8.78 Å². The molecule has 1 aliphatic heterocycles. The summed E-state index contributed by atoms with van der Waals surface area (Å²) in [5.74, 6) is -1.25. The Hall–Kier alpha value is -2.92. The number of nitrogens with zero attached hydrogens (tertiary/aromatic N) is 2. The van der Waals surface area contributed by atoms with E-state index in [0.717, 1.165) is 22.9 Å². The van der Waals surface area contributed by atoms with Gasteiger partial charge in [-0.05, 0) is 41.5 Å². The normalized spacial score (nSPS) is 12.9. The largest absolute Gasteiger partial charge is 0.398 e. The molecule has 2 aromatic carbocycles. The molecule has 1 aromatic heterocycles. The number of pyridine rings is 1. The average Bonchev–Trinajstić information content (AvgIpc) is 2.64. The van der Waals surface area contributed by atoms with Gasteiger partial charge in [-0.25, -0.2) is 13.8 Å². The van der Waals surface area contributed by atoms with Crippen LogP contribution in [0, 0.1) is 11.6 Å². The number of benzene rings is 2. The van der Waals surface area contributed by atoms with Gasteiger partial charge in [-0.3, -0.25) is 0 Å². The van der Waals surface area contributed by atoms with Gasteiger partial charge < -0.3 is 10.6 Å². The second-order valence-electron chi connectivity index (χ2n) is 6.39. The predicted molar refractivity (Wildman–Crippen MR) is 104 cm³/mol. The standard InChI is InChI=1S/C21H16ClF2N3/c22-21-18(12-27-9-7-15-13(11-27)2-1-3-20(15)25)16(6-8-26-21)17-5-4-14(23)10-19(17)24/h1-10H,11-12,25H2. The molecule has 6 heteroatoms. The third-order valence-electron chi connectivity index (χ3n) is 4.64. The van der Waals surface area contributed by atoms with E-state index in [2.05, 4.69) is 9.88 Å². The maximum Gasteiger partial charge on any atom is 0.134 e. The zero-order chi connectivity index (χ0) is 19.0. The predicted octanol–water partition coefficient (Wildman–Crippen LogP) is 5.25. The van der Waals surface area contributed by atoms with E-state index >= 15 is 0 Å². The zero-order valence-corrected chi connectivity index (χ0v) is 15.0. The Labute approximate surface area is 160 Å². The summed E-state index contributed by atoms with van der Waals surface area (Å²) in [6.07, 6.45) is 5.41. The summed E-state index contributed by atoms with van der Waals surface area (Å²) in [5.41, 5.74) is 10.4. The van der Waals surface area contributed by atoms with Crippen LogP contribution in [0.3, 0.4) is 0 Å². The summed E-state index contributed by atoms with van der Waals surface area (Å²) in [4.78, 5) is 6.19. The molecule has 0 fully saturated rings. The van der Waals surface area contributed by atoms with Crippen LogP contribution in [-0.2, 0) is 13.1 Å². The van der Waals surface area contributed by atoms with Gasteiger partial charge in [-0.2, -0.15) is 0 Å². The number of rotatable bonds is 3. The molecule has 0 aliphatic carbocycles. The summed E-state index contributed by atoms with van der Waals surface area (Å²) in [6, 6.07) is 11.0. The van der Waals surface area contributed by atoms with Crippen LogP contribution in [0.15, 0.2) is 54.9 Å². The Morgan fingerprint density at radius 2 is 1.96 bits per heavy atom. The second-order valence-corrected chi connectivity index (χ2v) is 6.75. The summed E-state index contributed by atoms with van der Waals surface area (Å²) in [7, 11) is 0. The molecule has 0 atom stereocenters. The van der Waals surface area contributed by atoms with Crippen LogP contribution in [-0.4, -0.2) is 9.88 Å². The number of halogens is 3. The Balaban J connectivity index is 1.70. The van der Waals surface area contributed by atoms with Gasteiger partial charge in [-0.1, -0.05) is 23.7 Å². The van der Waals surface area contributed by atoms with E-state index in [1.807, 2.05) is 30.5 Å². The molecule has 4 rings (SSSR count). The third-order valence-corrected chi connectivity index (χ3v) is 4.97. The molecular weight excluding hydrogens is 368 g/mol. The van der Waals surface area contributed by atoms with Crippen LogP contribution < -0.4 is 5.73 Å². The molecule has 0 spiro atoms. The fourth-order valence-corrected chi connectivity index (χ4v) is 3.53. The summed E-state index contributed by atoms with van der Waals surface area (Å²) < 4.78 is 27.6. The van der Waals surface area contributed by atoms with Gasteiger partial charge in [0.05, 0.1) is 0 Å². The SMILES string of the molecule is Nc1cccc2c1C=CN(Cc1c(-c3ccc(F)cc3F)ccnc1Cl)C2. The first kappa shape index (κ1) is 17.5. The van der Waals surface area contributed by atoms with Crippen LogP contribution in [0.25, 0.3) is 17.2 Å². The number of nitrogen functional groups attached to an aromatic ring is 1. The van der Waals surface area contributed by atoms with Crippen LogP contribution in [0.2, 0.25) is 5.15 Å². The highest BCUT2D eigenvalue weighted by molar-refractivity contribution is 6.30. The third kappa shape index (κ3) is 3.38. The van der Waals surface area contributed by atoms with Gasteiger partial charge in [0, 0.05) is 53.9 Å². The molecule has 0 radical (unpaired) electrons. The lowest BCUT2D eigenvalue weighted by Gasteiger charge is -2.27. The van der Waals surface area contributed by atoms with Crippen molar-refractivity contribution in [2.24, 2.45) is 0 Å². The molecule has 0 unspecified atom stereocenters. The molecule has 2 N–H and O–H groups in total. The van der Waals surface area contributed by atoms with E-state index in [0.29, 0.717) is 34.9 Å². The van der Waals surface area contributed by atoms with E-state index in [1.165, 1.54) is 18.3 Å². The smallest absolute Gasteiger partial charge is 0.134 e. The van der Waals surface area contributed by atoms with E-state index in [1.54, 1.807) is 6.07 Å². The van der Waals surface area contributed by atoms with Gasteiger partial charge >= 0.3 is 0 Å². The number of aromatic nitrogens is 1. The summed E-state index contributed by atoms with van der Waals surface area (Å²) in [5, 5.41) is 0.294. The van der Waals surface area contributed by atoms with Crippen molar-refractivity contribution in [1.82, 2.24) is 9.88 Å². The maximum atomic E-state index is 14.3. The zero-order valence-electron chi connectivity index (χ0n) is 14.3. The number of hydrogen-bond donors (Lipinski definition) is 1. The van der Waals surface area contributed by atoms with Crippen molar-refractivity contribution in [3.05, 3.63) is 88.3 Å². The Bertz CT molecular complexity index is 1050. The second kappa shape index (κ2) is 7.00. The van der Waals surface area contributed by atoms with Gasteiger partial charge in [-0.15, -0.1) is 0 Å². The summed E-state index contributed by atoms with van der Waals surface area (Å²) >= 11 is 6.33. The number of nitrogens with two attached hydrogens (primary N) is 1. The quantitative estimate of drug-likeness (QED) is 0.496. The van der Waals surface area contributed by atoms with Crippen molar-refractivity contribution >= 4 is 23.4 Å². The van der Waals surface area contributed by atoms with Gasteiger partial charge in [0.1, 0.15) is 16.8 Å². The Kier molecular flexibility index (Phi) is 4.54. The monoisotopic (exact) mass is 383 g/mol. The molecule has 136 valence electrons. The number of fused-ring (bicyclic) bond motifs is 1. The average molecular weight is 384 g/mol. The van der Waals surface area contributed by atoms with E-state index in [-0.39, 0.29) is 0 Å². The molecule has 2 heterocycles. The van der Waals surface area contributed by atoms with Crippen LogP contribution in [0.5, 0.6) is 0 Å². The Morgan fingerprint density at radius 3 is 2.78 bits per heavy atom. The molecule has 3 nitrogen and oxygen atoms in total. The minimum absolute atomic E-state index is 0.293. The molecule has 3 aromatic rings. The number of hydrogen-bond acceptors (Lipinski definition) is 3. The lowest BCUT2D eigenvalue weighted by atomic mass is 9.99. The van der Waals surface area contributed by atoms with Crippen LogP contribution in [0.4, 0.5) is 14.5 Å². The highest BCUT2D eigenvalue weighted by Gasteiger charge is 2.18. The fraction of sp³-hybridized carbons (Fsp3) is 0.0952. The minimum Gasteiger partial charge on any atom is -0.398 e. The first-order valence-corrected chi connectivity index (χ1v) is 8.79. The first-order valence-electron chi connectivity index (χ1n) is 8.41. The van der Waals surface area contributed by atoms with Crippen molar-refractivity contribution in [2.45, 2.75) is 13.1 Å². The van der Waals surface area contributed by atoms with Crippen molar-refractivity contribution in [1.29, 1.82) is 0 Å². The number of anilines is 1. The van der Waals surface area contributed by atoms with Crippen LogP contribution in [0.1, 0.15) is 16.7 Å². The van der Waals surface area contributed by atoms with E-state index < -0.39 is 11.6 Å². The molecule has 27 heavy (non-hydrogen) atoms. The van der Waals surface area contributed by atoms with Crippen molar-refractivity contribution in [2.75, 3.05) is 5.73 Å². The minimum atomic E-state index is -0.633.